The van der Waals surface area contributed by atoms with Crippen LogP contribution in [0.15, 0.2) is 225 Å². The lowest BCUT2D eigenvalue weighted by atomic mass is 9.34. The zero-order valence-corrected chi connectivity index (χ0v) is 33.2. The van der Waals surface area contributed by atoms with Gasteiger partial charge in [0.15, 0.2) is 8.07 Å². The number of hydrogen-bond donors (Lipinski definition) is 0. The van der Waals surface area contributed by atoms with E-state index in [4.69, 9.17) is 0 Å². The standard InChI is InChI=1S/C53H37BN4Si/c1-5-19-38(20-6-1)56-46-30-16-17-31-47(46)58(39-21-7-2-8-22-39)52-48(56)37-50-51-53(52)57(40-33-35-55-36-34-40)45-29-15-13-27-43(45)54(51)44-28-14-18-32-49(44)59(50,41-23-9-3-10-24-41)42-25-11-4-12-26-42/h1-37H. The van der Waals surface area contributed by atoms with E-state index in [2.05, 4.69) is 232 Å². The quantitative estimate of drug-likeness (QED) is 0.165. The van der Waals surface area contributed by atoms with E-state index in [-0.39, 0.29) is 6.71 Å². The Morgan fingerprint density at radius 1 is 0.356 bits per heavy atom. The van der Waals surface area contributed by atoms with E-state index < -0.39 is 8.07 Å². The lowest BCUT2D eigenvalue weighted by Crippen LogP contribution is -2.87. The van der Waals surface area contributed by atoms with Gasteiger partial charge in [-0.2, -0.15) is 0 Å². The summed E-state index contributed by atoms with van der Waals surface area (Å²) in [6.07, 6.45) is 3.85. The van der Waals surface area contributed by atoms with Crippen LogP contribution in [0.25, 0.3) is 0 Å². The monoisotopic (exact) mass is 768 g/mol. The molecule has 0 fully saturated rings. The van der Waals surface area contributed by atoms with Crippen molar-refractivity contribution in [3.05, 3.63) is 225 Å². The lowest BCUT2D eigenvalue weighted by molar-refractivity contribution is 1.15. The average Bonchev–Trinajstić information content (AvgIpc) is 3.32. The fourth-order valence-electron chi connectivity index (χ4n) is 10.4. The maximum absolute atomic E-state index is 4.54. The second-order valence-electron chi connectivity index (χ2n) is 15.5. The smallest absolute Gasteiger partial charge is 0.246 e. The Morgan fingerprint density at radius 2 is 0.814 bits per heavy atom. The molecule has 4 heterocycles. The molecule has 0 saturated heterocycles. The van der Waals surface area contributed by atoms with Crippen molar-refractivity contribution in [3.63, 3.8) is 0 Å². The van der Waals surface area contributed by atoms with Crippen LogP contribution >= 0.6 is 0 Å². The van der Waals surface area contributed by atoms with Crippen molar-refractivity contribution < 1.29 is 0 Å². The Morgan fingerprint density at radius 3 is 1.44 bits per heavy atom. The summed E-state index contributed by atoms with van der Waals surface area (Å²) in [5.74, 6) is 0. The number of anilines is 9. The molecule has 0 aliphatic carbocycles. The first-order chi connectivity index (χ1) is 29.3. The first-order valence-electron chi connectivity index (χ1n) is 20.3. The van der Waals surface area contributed by atoms with Crippen molar-refractivity contribution in [2.24, 2.45) is 0 Å². The molecule has 0 amide bonds. The van der Waals surface area contributed by atoms with Crippen LogP contribution in [0.2, 0.25) is 0 Å². The van der Waals surface area contributed by atoms with Crippen LogP contribution in [-0.4, -0.2) is 19.8 Å². The zero-order chi connectivity index (χ0) is 38.9. The molecular formula is C53H37BN4Si. The van der Waals surface area contributed by atoms with Gasteiger partial charge < -0.3 is 14.7 Å². The van der Waals surface area contributed by atoms with Crippen LogP contribution < -0.4 is 51.8 Å². The largest absolute Gasteiger partial charge is 0.309 e. The molecule has 276 valence electrons. The summed E-state index contributed by atoms with van der Waals surface area (Å²) in [4.78, 5) is 12.1. The Labute approximate surface area is 346 Å². The Balaban J connectivity index is 1.35. The summed E-state index contributed by atoms with van der Waals surface area (Å²) in [5.41, 5.74) is 14.3. The minimum atomic E-state index is -3.05. The normalized spacial score (nSPS) is 14.1. The first-order valence-corrected chi connectivity index (χ1v) is 22.3. The Hall–Kier alpha value is -7.41. The summed E-state index contributed by atoms with van der Waals surface area (Å²) >= 11 is 0. The molecule has 1 aromatic heterocycles. The fourth-order valence-corrected chi connectivity index (χ4v) is 15.6. The zero-order valence-electron chi connectivity index (χ0n) is 32.2. The van der Waals surface area contributed by atoms with Crippen molar-refractivity contribution in [2.75, 3.05) is 14.7 Å². The van der Waals surface area contributed by atoms with Crippen molar-refractivity contribution in [3.8, 4) is 0 Å². The number of rotatable bonds is 5. The highest BCUT2D eigenvalue weighted by Crippen LogP contribution is 2.58. The number of hydrogen-bond acceptors (Lipinski definition) is 4. The highest BCUT2D eigenvalue weighted by atomic mass is 28.3. The van der Waals surface area contributed by atoms with Crippen molar-refractivity contribution in [2.45, 2.75) is 0 Å². The summed E-state index contributed by atoms with van der Waals surface area (Å²) in [6, 6.07) is 78.9. The molecule has 59 heavy (non-hydrogen) atoms. The van der Waals surface area contributed by atoms with Gasteiger partial charge in [0.1, 0.15) is 0 Å². The van der Waals surface area contributed by atoms with E-state index in [1.54, 1.807) is 0 Å². The third kappa shape index (κ3) is 4.81. The van der Waals surface area contributed by atoms with Gasteiger partial charge in [-0.25, -0.2) is 0 Å². The molecule has 0 unspecified atom stereocenters. The van der Waals surface area contributed by atoms with Gasteiger partial charge in [-0.1, -0.05) is 157 Å². The first kappa shape index (κ1) is 33.7. The van der Waals surface area contributed by atoms with Crippen LogP contribution in [0, 0.1) is 0 Å². The summed E-state index contributed by atoms with van der Waals surface area (Å²) in [5, 5.41) is 5.59. The SMILES string of the molecule is c1ccc(N2c3ccccc3N(c3ccccc3)c3c2cc2c4c3N(c3ccncc3)c3ccccc3B4c3ccccc3[Si]2(c2ccccc2)c2ccccc2)cc1. The van der Waals surface area contributed by atoms with Crippen LogP contribution in [0.3, 0.4) is 0 Å². The molecule has 3 aliphatic heterocycles. The Kier molecular flexibility index (Phi) is 7.62. The van der Waals surface area contributed by atoms with Gasteiger partial charge in [-0.05, 0) is 92.3 Å². The van der Waals surface area contributed by atoms with Crippen LogP contribution in [-0.2, 0) is 0 Å². The average molecular weight is 769 g/mol. The number of nitrogens with zero attached hydrogens (tertiary/aromatic N) is 4. The molecule has 0 radical (unpaired) electrons. The molecule has 0 bridgehead atoms. The molecular weight excluding hydrogens is 732 g/mol. The maximum Gasteiger partial charge on any atom is 0.246 e. The van der Waals surface area contributed by atoms with Gasteiger partial charge in [-0.3, -0.25) is 4.98 Å². The topological polar surface area (TPSA) is 22.6 Å². The number of pyridine rings is 1. The van der Waals surface area contributed by atoms with E-state index in [0.717, 1.165) is 39.8 Å². The predicted molar refractivity (Wildman–Crippen MR) is 250 cm³/mol. The van der Waals surface area contributed by atoms with Gasteiger partial charge in [0.2, 0.25) is 6.71 Å². The number of benzene rings is 8. The second-order valence-corrected chi connectivity index (χ2v) is 19.2. The van der Waals surface area contributed by atoms with Crippen molar-refractivity contribution >= 4 is 103 Å². The molecule has 0 saturated carbocycles. The summed E-state index contributed by atoms with van der Waals surface area (Å²) in [6.45, 7) is -0.0104. The maximum atomic E-state index is 4.54. The number of aromatic nitrogens is 1. The fraction of sp³-hybridized carbons (Fsp3) is 0. The highest BCUT2D eigenvalue weighted by Gasteiger charge is 2.55. The van der Waals surface area contributed by atoms with Crippen LogP contribution in [0.5, 0.6) is 0 Å². The van der Waals surface area contributed by atoms with Crippen LogP contribution in [0.1, 0.15) is 0 Å². The molecule has 0 N–H and O–H groups in total. The minimum absolute atomic E-state index is 0.0104. The van der Waals surface area contributed by atoms with E-state index >= 15 is 0 Å². The highest BCUT2D eigenvalue weighted by molar-refractivity contribution is 7.26. The molecule has 0 atom stereocenters. The lowest BCUT2D eigenvalue weighted by Gasteiger charge is -2.51. The molecule has 4 nitrogen and oxygen atoms in total. The third-order valence-corrected chi connectivity index (χ3v) is 17.4. The minimum Gasteiger partial charge on any atom is -0.309 e. The van der Waals surface area contributed by atoms with E-state index in [1.807, 2.05) is 12.4 Å². The third-order valence-electron chi connectivity index (χ3n) is 12.6. The number of para-hydroxylation sites is 5. The van der Waals surface area contributed by atoms with Gasteiger partial charge in [0, 0.05) is 35.1 Å². The molecule has 9 aromatic rings. The van der Waals surface area contributed by atoms with Crippen molar-refractivity contribution in [1.82, 2.24) is 4.98 Å². The van der Waals surface area contributed by atoms with Gasteiger partial charge in [0.05, 0.1) is 28.4 Å². The number of fused-ring (bicyclic) bond motifs is 7. The molecule has 3 aliphatic rings. The van der Waals surface area contributed by atoms with Gasteiger partial charge >= 0.3 is 0 Å². The molecule has 8 aromatic carbocycles. The van der Waals surface area contributed by atoms with Crippen molar-refractivity contribution in [1.29, 1.82) is 0 Å². The molecule has 12 rings (SSSR count). The molecule has 6 heteroatoms. The predicted octanol–water partition coefficient (Wildman–Crippen LogP) is 8.32. The Bertz CT molecular complexity index is 2980. The second kappa shape index (κ2) is 13.3. The summed E-state index contributed by atoms with van der Waals surface area (Å²) < 4.78 is 0. The van der Waals surface area contributed by atoms with E-state index in [0.29, 0.717) is 0 Å². The van der Waals surface area contributed by atoms with Gasteiger partial charge in [-0.15, -0.1) is 0 Å². The molecule has 0 spiro atoms. The van der Waals surface area contributed by atoms with Crippen LogP contribution in [0.4, 0.5) is 51.2 Å². The van der Waals surface area contributed by atoms with E-state index in [9.17, 15) is 0 Å². The van der Waals surface area contributed by atoms with Gasteiger partial charge in [0.25, 0.3) is 0 Å². The summed E-state index contributed by atoms with van der Waals surface area (Å²) in [7, 11) is -3.05. The van der Waals surface area contributed by atoms with E-state index in [1.165, 1.54) is 48.5 Å².